The second kappa shape index (κ2) is 6.80. The molecule has 2 rings (SSSR count). The van der Waals surface area contributed by atoms with Gasteiger partial charge in [0.05, 0.1) is 6.61 Å². The third-order valence-electron chi connectivity index (χ3n) is 2.81. The number of alkyl halides is 1. The highest BCUT2D eigenvalue weighted by atomic mass is 79.9. The summed E-state index contributed by atoms with van der Waals surface area (Å²) in [5, 5.41) is 0. The fraction of sp³-hybridized carbons (Fsp3) is 0.429. The Labute approximate surface area is 130 Å². The smallest absolute Gasteiger partial charge is 0.347 e. The lowest BCUT2D eigenvalue weighted by molar-refractivity contribution is -0.165. The summed E-state index contributed by atoms with van der Waals surface area (Å²) in [4.78, 5) is 22.7. The Hall–Kier alpha value is -1.76. The van der Waals surface area contributed by atoms with Gasteiger partial charge in [0.1, 0.15) is 4.83 Å². The molecule has 0 radical (unpaired) electrons. The predicted molar refractivity (Wildman–Crippen MR) is 76.4 cm³/mol. The van der Waals surface area contributed by atoms with Crippen molar-refractivity contribution in [3.8, 4) is 11.5 Å². The van der Waals surface area contributed by atoms with Gasteiger partial charge in [-0.2, -0.15) is 0 Å². The zero-order valence-corrected chi connectivity index (χ0v) is 13.2. The van der Waals surface area contributed by atoms with E-state index in [1.807, 2.05) is 0 Å². The van der Waals surface area contributed by atoms with Gasteiger partial charge in [0, 0.05) is 0 Å². The van der Waals surface area contributed by atoms with Crippen molar-refractivity contribution in [1.82, 2.24) is 0 Å². The Morgan fingerprint density at radius 1 is 1.29 bits per heavy atom. The SMILES string of the molecule is CCOC(=O)[C@H](C)OC(=O)C(Br)c1ccc2c(c1)OCO2. The van der Waals surface area contributed by atoms with Gasteiger partial charge in [0.15, 0.2) is 17.6 Å². The van der Waals surface area contributed by atoms with Gasteiger partial charge in [-0.15, -0.1) is 0 Å². The zero-order chi connectivity index (χ0) is 15.4. The summed E-state index contributed by atoms with van der Waals surface area (Å²) in [6.07, 6.45) is -0.952. The van der Waals surface area contributed by atoms with Gasteiger partial charge in [-0.05, 0) is 31.5 Å². The van der Waals surface area contributed by atoms with Gasteiger partial charge >= 0.3 is 11.9 Å². The maximum absolute atomic E-state index is 12.0. The maximum Gasteiger partial charge on any atom is 0.347 e. The number of esters is 2. The van der Waals surface area contributed by atoms with E-state index in [1.165, 1.54) is 6.92 Å². The van der Waals surface area contributed by atoms with Gasteiger partial charge < -0.3 is 18.9 Å². The van der Waals surface area contributed by atoms with Crippen LogP contribution in [-0.2, 0) is 19.1 Å². The van der Waals surface area contributed by atoms with Crippen molar-refractivity contribution in [2.24, 2.45) is 0 Å². The monoisotopic (exact) mass is 358 g/mol. The third-order valence-corrected chi connectivity index (χ3v) is 3.71. The fourth-order valence-electron chi connectivity index (χ4n) is 1.75. The molecule has 1 aromatic carbocycles. The molecule has 0 N–H and O–H groups in total. The average molecular weight is 359 g/mol. The lowest BCUT2D eigenvalue weighted by Crippen LogP contribution is -2.27. The number of benzene rings is 1. The Bertz CT molecular complexity index is 544. The lowest BCUT2D eigenvalue weighted by atomic mass is 10.1. The molecule has 1 aromatic rings. The second-order valence-corrected chi connectivity index (χ2v) is 5.22. The number of carbonyl (C=O) groups excluding carboxylic acids is 2. The maximum atomic E-state index is 12.0. The van der Waals surface area contributed by atoms with Gasteiger partial charge in [-0.3, -0.25) is 4.79 Å². The van der Waals surface area contributed by atoms with Crippen LogP contribution >= 0.6 is 15.9 Å². The van der Waals surface area contributed by atoms with Crippen molar-refractivity contribution >= 4 is 27.9 Å². The Kier molecular flexibility index (Phi) is 5.06. The molecular weight excluding hydrogens is 344 g/mol. The molecular formula is C14H15BrO6. The van der Waals surface area contributed by atoms with E-state index >= 15 is 0 Å². The summed E-state index contributed by atoms with van der Waals surface area (Å²) in [6, 6.07) is 5.13. The summed E-state index contributed by atoms with van der Waals surface area (Å²) >= 11 is 3.25. The van der Waals surface area contributed by atoms with Crippen LogP contribution in [0.1, 0.15) is 24.2 Å². The van der Waals surface area contributed by atoms with Crippen molar-refractivity contribution in [2.75, 3.05) is 13.4 Å². The van der Waals surface area contributed by atoms with Crippen molar-refractivity contribution in [2.45, 2.75) is 24.8 Å². The molecule has 0 saturated heterocycles. The molecule has 1 unspecified atom stereocenters. The van der Waals surface area contributed by atoms with E-state index in [0.717, 1.165) is 0 Å². The van der Waals surface area contributed by atoms with Crippen molar-refractivity contribution in [3.63, 3.8) is 0 Å². The predicted octanol–water partition coefficient (Wildman–Crippen LogP) is 2.35. The topological polar surface area (TPSA) is 71.1 Å². The second-order valence-electron chi connectivity index (χ2n) is 4.31. The summed E-state index contributed by atoms with van der Waals surface area (Å²) < 4.78 is 20.3. The van der Waals surface area contributed by atoms with E-state index in [0.29, 0.717) is 17.1 Å². The number of rotatable bonds is 5. The molecule has 0 fully saturated rings. The highest BCUT2D eigenvalue weighted by Crippen LogP contribution is 2.36. The van der Waals surface area contributed by atoms with Gasteiger partial charge in [-0.25, -0.2) is 4.79 Å². The van der Waals surface area contributed by atoms with Crippen molar-refractivity contribution in [3.05, 3.63) is 23.8 Å². The van der Waals surface area contributed by atoms with Crippen LogP contribution in [0, 0.1) is 0 Å². The Morgan fingerprint density at radius 3 is 2.71 bits per heavy atom. The molecule has 114 valence electrons. The van der Waals surface area contributed by atoms with E-state index < -0.39 is 22.9 Å². The van der Waals surface area contributed by atoms with E-state index in [-0.39, 0.29) is 13.4 Å². The van der Waals surface area contributed by atoms with Crippen molar-refractivity contribution < 1.29 is 28.5 Å². The van der Waals surface area contributed by atoms with E-state index in [1.54, 1.807) is 25.1 Å². The Morgan fingerprint density at radius 2 is 2.00 bits per heavy atom. The normalized spacial score (nSPS) is 15.2. The average Bonchev–Trinajstić information content (AvgIpc) is 2.93. The largest absolute Gasteiger partial charge is 0.463 e. The molecule has 1 aliphatic rings. The van der Waals surface area contributed by atoms with Crippen LogP contribution in [0.2, 0.25) is 0 Å². The number of hydrogen-bond acceptors (Lipinski definition) is 6. The molecule has 0 aromatic heterocycles. The molecule has 0 amide bonds. The number of halogens is 1. The summed E-state index contributed by atoms with van der Waals surface area (Å²) in [7, 11) is 0. The first-order valence-electron chi connectivity index (χ1n) is 6.43. The fourth-order valence-corrected chi connectivity index (χ4v) is 2.14. The van der Waals surface area contributed by atoms with E-state index in [2.05, 4.69) is 15.9 Å². The van der Waals surface area contributed by atoms with Gasteiger partial charge in [-0.1, -0.05) is 22.0 Å². The molecule has 6 nitrogen and oxygen atoms in total. The molecule has 7 heteroatoms. The minimum atomic E-state index is -0.952. The summed E-state index contributed by atoms with van der Waals surface area (Å²) in [5.41, 5.74) is 0.653. The first kappa shape index (κ1) is 15.6. The molecule has 1 aliphatic heterocycles. The molecule has 0 spiro atoms. The molecule has 1 heterocycles. The standard InChI is InChI=1S/C14H15BrO6/c1-3-18-13(16)8(2)21-14(17)12(15)9-4-5-10-11(6-9)20-7-19-10/h4-6,8,12H,3,7H2,1-2H3/t8-,12?/m0/s1. The van der Waals surface area contributed by atoms with E-state index in [9.17, 15) is 9.59 Å². The molecule has 0 saturated carbocycles. The number of carbonyl (C=O) groups is 2. The zero-order valence-electron chi connectivity index (χ0n) is 11.6. The van der Waals surface area contributed by atoms with Gasteiger partial charge in [0.2, 0.25) is 6.79 Å². The molecule has 21 heavy (non-hydrogen) atoms. The first-order valence-corrected chi connectivity index (χ1v) is 7.35. The van der Waals surface area contributed by atoms with Crippen LogP contribution in [0.15, 0.2) is 18.2 Å². The first-order chi connectivity index (χ1) is 10.0. The van der Waals surface area contributed by atoms with Crippen LogP contribution in [0.4, 0.5) is 0 Å². The highest BCUT2D eigenvalue weighted by molar-refractivity contribution is 9.09. The number of hydrogen-bond donors (Lipinski definition) is 0. The van der Waals surface area contributed by atoms with Crippen molar-refractivity contribution in [1.29, 1.82) is 0 Å². The van der Waals surface area contributed by atoms with Crippen LogP contribution in [0.3, 0.4) is 0 Å². The van der Waals surface area contributed by atoms with Crippen LogP contribution in [0.25, 0.3) is 0 Å². The third kappa shape index (κ3) is 3.66. The van der Waals surface area contributed by atoms with Crippen LogP contribution in [0.5, 0.6) is 11.5 Å². The molecule has 2 atom stereocenters. The molecule has 0 bridgehead atoms. The minimum absolute atomic E-state index is 0.163. The number of ether oxygens (including phenoxy) is 4. The summed E-state index contributed by atoms with van der Waals surface area (Å²) in [6.45, 7) is 3.55. The number of fused-ring (bicyclic) bond motifs is 1. The Balaban J connectivity index is 2.00. The quantitative estimate of drug-likeness (QED) is 0.594. The van der Waals surface area contributed by atoms with Crippen LogP contribution in [-0.4, -0.2) is 31.4 Å². The minimum Gasteiger partial charge on any atom is -0.463 e. The van der Waals surface area contributed by atoms with E-state index in [4.69, 9.17) is 18.9 Å². The lowest BCUT2D eigenvalue weighted by Gasteiger charge is -2.15. The highest BCUT2D eigenvalue weighted by Gasteiger charge is 2.26. The van der Waals surface area contributed by atoms with Gasteiger partial charge in [0.25, 0.3) is 0 Å². The summed E-state index contributed by atoms with van der Waals surface area (Å²) in [5.74, 6) is 0.0561. The molecule has 0 aliphatic carbocycles. The van der Waals surface area contributed by atoms with Crippen LogP contribution < -0.4 is 9.47 Å².